The first-order valence-corrected chi connectivity index (χ1v) is 6.74. The molecule has 1 aromatic rings. The van der Waals surface area contributed by atoms with E-state index in [2.05, 4.69) is 13.8 Å². The van der Waals surface area contributed by atoms with Gasteiger partial charge in [-0.2, -0.15) is 13.2 Å². The van der Waals surface area contributed by atoms with Gasteiger partial charge in [-0.1, -0.05) is 19.9 Å². The Labute approximate surface area is 112 Å². The van der Waals surface area contributed by atoms with Crippen molar-refractivity contribution in [3.8, 4) is 0 Å². The van der Waals surface area contributed by atoms with Crippen molar-refractivity contribution in [3.63, 3.8) is 0 Å². The molecule has 0 radical (unpaired) electrons. The van der Waals surface area contributed by atoms with Gasteiger partial charge in [0.25, 0.3) is 0 Å². The van der Waals surface area contributed by atoms with Crippen molar-refractivity contribution in [2.75, 3.05) is 11.4 Å². The molecule has 0 aromatic heterocycles. The van der Waals surface area contributed by atoms with Crippen LogP contribution in [0.15, 0.2) is 18.2 Å². The normalized spacial score (nSPS) is 20.4. The van der Waals surface area contributed by atoms with E-state index in [1.165, 1.54) is 10.5 Å². The van der Waals surface area contributed by atoms with Crippen LogP contribution in [-0.4, -0.2) is 18.8 Å². The number of anilines is 1. The Kier molecular flexibility index (Phi) is 3.79. The van der Waals surface area contributed by atoms with Gasteiger partial charge in [-0.15, -0.1) is 0 Å². The predicted octanol–water partition coefficient (Wildman–Crippen LogP) is 4.65. The van der Waals surface area contributed by atoms with Crippen molar-refractivity contribution in [2.45, 2.75) is 51.7 Å². The van der Waals surface area contributed by atoms with Gasteiger partial charge in [-0.25, -0.2) is 0 Å². The molecular weight excluding hydrogens is 251 g/mol. The molecule has 1 aromatic carbocycles. The Balaban J connectivity index is 2.29. The lowest BCUT2D eigenvalue weighted by Gasteiger charge is -2.29. The van der Waals surface area contributed by atoms with Crippen LogP contribution in [0.1, 0.15) is 43.7 Å². The molecule has 19 heavy (non-hydrogen) atoms. The Morgan fingerprint density at radius 2 is 1.95 bits per heavy atom. The predicted molar refractivity (Wildman–Crippen MR) is 71.7 cm³/mol. The number of hydrogen-bond acceptors (Lipinski definition) is 1. The molecule has 1 aliphatic heterocycles. The summed E-state index contributed by atoms with van der Waals surface area (Å²) in [5.74, 6) is 0.394. The number of hydrogen-bond donors (Lipinski definition) is 0. The SMILES string of the molecule is Cc1cc(N2CCCC2C(F)(F)F)ccc1C(C)C. The monoisotopic (exact) mass is 271 g/mol. The van der Waals surface area contributed by atoms with E-state index in [1.807, 2.05) is 25.1 Å². The third-order valence-corrected chi connectivity index (χ3v) is 3.84. The molecule has 0 N–H and O–H groups in total. The molecule has 1 aliphatic rings. The van der Waals surface area contributed by atoms with Crippen molar-refractivity contribution in [2.24, 2.45) is 0 Å². The van der Waals surface area contributed by atoms with E-state index in [0.29, 0.717) is 24.6 Å². The summed E-state index contributed by atoms with van der Waals surface area (Å²) < 4.78 is 38.9. The van der Waals surface area contributed by atoms with Crippen molar-refractivity contribution in [1.82, 2.24) is 0 Å². The Morgan fingerprint density at radius 1 is 1.26 bits per heavy atom. The molecule has 2 rings (SSSR count). The van der Waals surface area contributed by atoms with Gasteiger partial charge in [-0.05, 0) is 48.9 Å². The summed E-state index contributed by atoms with van der Waals surface area (Å²) >= 11 is 0. The molecule has 0 amide bonds. The average Bonchev–Trinajstić information content (AvgIpc) is 2.76. The first kappa shape index (κ1) is 14.2. The molecule has 0 saturated carbocycles. The summed E-state index contributed by atoms with van der Waals surface area (Å²) in [6.45, 7) is 6.65. The second-order valence-electron chi connectivity index (χ2n) is 5.59. The number of alkyl halides is 3. The molecule has 1 fully saturated rings. The zero-order valence-corrected chi connectivity index (χ0v) is 11.6. The van der Waals surface area contributed by atoms with E-state index in [4.69, 9.17) is 0 Å². The quantitative estimate of drug-likeness (QED) is 0.756. The molecule has 106 valence electrons. The Bertz CT molecular complexity index is 451. The van der Waals surface area contributed by atoms with Crippen LogP contribution in [-0.2, 0) is 0 Å². The summed E-state index contributed by atoms with van der Waals surface area (Å²) in [7, 11) is 0. The largest absolute Gasteiger partial charge is 0.408 e. The van der Waals surface area contributed by atoms with Gasteiger partial charge in [0.15, 0.2) is 0 Å². The fraction of sp³-hybridized carbons (Fsp3) is 0.600. The third kappa shape index (κ3) is 2.88. The highest BCUT2D eigenvalue weighted by Crippen LogP contribution is 2.36. The molecule has 1 saturated heterocycles. The van der Waals surface area contributed by atoms with Crippen LogP contribution >= 0.6 is 0 Å². The summed E-state index contributed by atoms with van der Waals surface area (Å²) in [5.41, 5.74) is 2.97. The second-order valence-corrected chi connectivity index (χ2v) is 5.59. The van der Waals surface area contributed by atoms with Gasteiger partial charge in [0.05, 0.1) is 0 Å². The minimum Gasteiger partial charge on any atom is -0.360 e. The van der Waals surface area contributed by atoms with Crippen molar-refractivity contribution in [3.05, 3.63) is 29.3 Å². The average molecular weight is 271 g/mol. The lowest BCUT2D eigenvalue weighted by Crippen LogP contribution is -2.41. The van der Waals surface area contributed by atoms with E-state index in [-0.39, 0.29) is 6.42 Å². The first-order chi connectivity index (χ1) is 8.80. The van der Waals surface area contributed by atoms with Gasteiger partial charge in [0.1, 0.15) is 6.04 Å². The van der Waals surface area contributed by atoms with Gasteiger partial charge in [0.2, 0.25) is 0 Å². The zero-order valence-electron chi connectivity index (χ0n) is 11.6. The Morgan fingerprint density at radius 3 is 2.47 bits per heavy atom. The van der Waals surface area contributed by atoms with Crippen LogP contribution in [0.2, 0.25) is 0 Å². The van der Waals surface area contributed by atoms with Crippen LogP contribution in [0.3, 0.4) is 0 Å². The lowest BCUT2D eigenvalue weighted by molar-refractivity contribution is -0.145. The first-order valence-electron chi connectivity index (χ1n) is 6.74. The fourth-order valence-corrected chi connectivity index (χ4v) is 2.90. The van der Waals surface area contributed by atoms with Crippen LogP contribution < -0.4 is 4.90 Å². The Hall–Kier alpha value is -1.19. The number of nitrogens with zero attached hydrogens (tertiary/aromatic N) is 1. The third-order valence-electron chi connectivity index (χ3n) is 3.84. The van der Waals surface area contributed by atoms with E-state index < -0.39 is 12.2 Å². The van der Waals surface area contributed by atoms with Crippen LogP contribution in [0.4, 0.5) is 18.9 Å². The fourth-order valence-electron chi connectivity index (χ4n) is 2.90. The van der Waals surface area contributed by atoms with E-state index in [0.717, 1.165) is 5.56 Å². The summed E-state index contributed by atoms with van der Waals surface area (Å²) in [5, 5.41) is 0. The van der Waals surface area contributed by atoms with Crippen molar-refractivity contribution < 1.29 is 13.2 Å². The smallest absolute Gasteiger partial charge is 0.360 e. The number of aryl methyl sites for hydroxylation is 1. The van der Waals surface area contributed by atoms with Crippen molar-refractivity contribution >= 4 is 5.69 Å². The van der Waals surface area contributed by atoms with Gasteiger partial charge in [0, 0.05) is 12.2 Å². The van der Waals surface area contributed by atoms with Crippen LogP contribution in [0, 0.1) is 6.92 Å². The lowest BCUT2D eigenvalue weighted by atomic mass is 9.97. The number of benzene rings is 1. The standard InChI is InChI=1S/C15H20F3N/c1-10(2)13-7-6-12(9-11(13)3)19-8-4-5-14(19)15(16,17)18/h6-7,9-10,14H,4-5,8H2,1-3H3. The topological polar surface area (TPSA) is 3.24 Å². The number of halogens is 3. The maximum atomic E-state index is 13.0. The number of rotatable bonds is 2. The van der Waals surface area contributed by atoms with Crippen molar-refractivity contribution in [1.29, 1.82) is 0 Å². The van der Waals surface area contributed by atoms with Gasteiger partial charge in [-0.3, -0.25) is 0 Å². The zero-order chi connectivity index (χ0) is 14.2. The molecule has 1 unspecified atom stereocenters. The highest BCUT2D eigenvalue weighted by atomic mass is 19.4. The van der Waals surface area contributed by atoms with E-state index >= 15 is 0 Å². The summed E-state index contributed by atoms with van der Waals surface area (Å²) in [4.78, 5) is 1.50. The molecule has 4 heteroatoms. The minimum atomic E-state index is -4.14. The van der Waals surface area contributed by atoms with Crippen LogP contribution in [0.25, 0.3) is 0 Å². The summed E-state index contributed by atoms with van der Waals surface area (Å²) in [6.07, 6.45) is -3.33. The second kappa shape index (κ2) is 5.06. The molecular formula is C15H20F3N. The van der Waals surface area contributed by atoms with Gasteiger partial charge < -0.3 is 4.90 Å². The van der Waals surface area contributed by atoms with E-state index in [9.17, 15) is 13.2 Å². The van der Waals surface area contributed by atoms with E-state index in [1.54, 1.807) is 0 Å². The van der Waals surface area contributed by atoms with Crippen LogP contribution in [0.5, 0.6) is 0 Å². The molecule has 0 bridgehead atoms. The molecule has 0 spiro atoms. The molecule has 0 aliphatic carbocycles. The molecule has 1 nitrogen and oxygen atoms in total. The molecule has 1 heterocycles. The maximum absolute atomic E-state index is 13.0. The summed E-state index contributed by atoms with van der Waals surface area (Å²) in [6, 6.07) is 4.35. The van der Waals surface area contributed by atoms with Gasteiger partial charge >= 0.3 is 6.18 Å². The highest BCUT2D eigenvalue weighted by molar-refractivity contribution is 5.53. The minimum absolute atomic E-state index is 0.203. The molecule has 1 atom stereocenters. The maximum Gasteiger partial charge on any atom is 0.408 e. The highest BCUT2D eigenvalue weighted by Gasteiger charge is 2.45.